The van der Waals surface area contributed by atoms with Gasteiger partial charge in [0.1, 0.15) is 0 Å². The van der Waals surface area contributed by atoms with Gasteiger partial charge in [-0.1, -0.05) is 54.1 Å². The van der Waals surface area contributed by atoms with E-state index in [0.29, 0.717) is 27.4 Å². The Morgan fingerprint density at radius 1 is 1.03 bits per heavy atom. The number of halogens is 1. The van der Waals surface area contributed by atoms with Crippen molar-refractivity contribution < 1.29 is 15.0 Å². The molecule has 0 radical (unpaired) electrons. The fourth-order valence-corrected chi connectivity index (χ4v) is 4.05. The first-order valence-electron chi connectivity index (χ1n) is 10.9. The van der Waals surface area contributed by atoms with Crippen molar-refractivity contribution in [2.45, 2.75) is 12.8 Å². The third-order valence-electron chi connectivity index (χ3n) is 5.56. The van der Waals surface area contributed by atoms with Crippen LogP contribution in [0.2, 0.25) is 5.02 Å². The van der Waals surface area contributed by atoms with E-state index >= 15 is 0 Å². The number of fused-ring (bicyclic) bond motifs is 1. The zero-order valence-electron chi connectivity index (χ0n) is 19.0. The van der Waals surface area contributed by atoms with Crippen molar-refractivity contribution in [2.24, 2.45) is 4.99 Å². The number of H-pyrrole nitrogens is 1. The molecule has 0 spiro atoms. The summed E-state index contributed by atoms with van der Waals surface area (Å²) in [5, 5.41) is 21.3. The van der Waals surface area contributed by atoms with E-state index in [1.165, 1.54) is 5.56 Å². The average Bonchev–Trinajstić information content (AvgIpc) is 3.11. The monoisotopic (exact) mass is 475 g/mol. The standard InChI is InChI=1S/C27H26ClN3O3/c1-31(2)13-12-17-4-3-5-21(14-17)29-26(19-8-6-18(7-9-19)15-24(32)33)25-22-11-10-20(28)16-23(22)30-27(25)34/h3-11,14,16,30,34H,12-13,15H2,1-2H3,(H,32,33). The maximum Gasteiger partial charge on any atom is 0.307 e. The summed E-state index contributed by atoms with van der Waals surface area (Å²) in [7, 11) is 4.08. The first kappa shape index (κ1) is 23.5. The molecule has 3 aromatic carbocycles. The minimum Gasteiger partial charge on any atom is -0.494 e. The molecule has 0 aliphatic carbocycles. The molecule has 6 nitrogen and oxygen atoms in total. The molecule has 0 unspecified atom stereocenters. The smallest absolute Gasteiger partial charge is 0.307 e. The number of aromatic nitrogens is 1. The number of nitrogens with zero attached hydrogens (tertiary/aromatic N) is 2. The van der Waals surface area contributed by atoms with Crippen LogP contribution in [0.25, 0.3) is 10.9 Å². The summed E-state index contributed by atoms with van der Waals surface area (Å²) in [6.45, 7) is 0.926. The molecule has 0 aliphatic rings. The van der Waals surface area contributed by atoms with Crippen molar-refractivity contribution >= 4 is 39.9 Å². The Labute approximate surface area is 203 Å². The molecule has 0 amide bonds. The van der Waals surface area contributed by atoms with Gasteiger partial charge in [0, 0.05) is 22.5 Å². The summed E-state index contributed by atoms with van der Waals surface area (Å²) in [5.74, 6) is -0.892. The summed E-state index contributed by atoms with van der Waals surface area (Å²) in [4.78, 5) is 21.2. The molecule has 3 N–H and O–H groups in total. The molecule has 4 rings (SSSR count). The summed E-state index contributed by atoms with van der Waals surface area (Å²) < 4.78 is 0. The number of hydrogen-bond acceptors (Lipinski definition) is 4. The number of carbonyl (C=O) groups is 1. The number of hydrogen-bond donors (Lipinski definition) is 3. The number of rotatable bonds is 8. The molecule has 0 saturated carbocycles. The Morgan fingerprint density at radius 3 is 2.50 bits per heavy atom. The van der Waals surface area contributed by atoms with Gasteiger partial charge in [0.2, 0.25) is 0 Å². The lowest BCUT2D eigenvalue weighted by molar-refractivity contribution is -0.136. The van der Waals surface area contributed by atoms with Crippen molar-refractivity contribution in [3.05, 3.63) is 94.0 Å². The van der Waals surface area contributed by atoms with E-state index in [0.717, 1.165) is 29.6 Å². The molecular weight excluding hydrogens is 450 g/mol. The van der Waals surface area contributed by atoms with E-state index in [1.807, 2.05) is 50.5 Å². The molecule has 174 valence electrons. The van der Waals surface area contributed by atoms with Crippen molar-refractivity contribution in [3.8, 4) is 5.88 Å². The van der Waals surface area contributed by atoms with Crippen LogP contribution in [0.1, 0.15) is 22.3 Å². The van der Waals surface area contributed by atoms with Crippen molar-refractivity contribution in [1.82, 2.24) is 9.88 Å². The Bertz CT molecular complexity index is 1360. The van der Waals surface area contributed by atoms with E-state index < -0.39 is 5.97 Å². The van der Waals surface area contributed by atoms with Gasteiger partial charge in [0.05, 0.1) is 28.9 Å². The minimum atomic E-state index is -0.887. The van der Waals surface area contributed by atoms with Crippen molar-refractivity contribution in [2.75, 3.05) is 20.6 Å². The fourth-order valence-electron chi connectivity index (χ4n) is 3.88. The number of aromatic hydroxyl groups is 1. The third kappa shape index (κ3) is 5.47. The minimum absolute atomic E-state index is 0.00519. The van der Waals surface area contributed by atoms with Crippen molar-refractivity contribution in [3.63, 3.8) is 0 Å². The van der Waals surface area contributed by atoms with Gasteiger partial charge in [-0.05, 0) is 55.9 Å². The fraction of sp³-hybridized carbons (Fsp3) is 0.185. The highest BCUT2D eigenvalue weighted by Gasteiger charge is 2.19. The van der Waals surface area contributed by atoms with Gasteiger partial charge in [0.25, 0.3) is 0 Å². The Hall–Kier alpha value is -3.61. The first-order valence-corrected chi connectivity index (χ1v) is 11.3. The second-order valence-corrected chi connectivity index (χ2v) is 8.93. The van der Waals surface area contributed by atoms with Gasteiger partial charge in [0.15, 0.2) is 5.88 Å². The number of likely N-dealkylation sites (N-methyl/N-ethyl adjacent to an activating group) is 1. The first-order chi connectivity index (χ1) is 16.3. The Balaban J connectivity index is 1.84. The predicted molar refractivity (Wildman–Crippen MR) is 137 cm³/mol. The molecular formula is C27H26ClN3O3. The molecule has 34 heavy (non-hydrogen) atoms. The lowest BCUT2D eigenvalue weighted by atomic mass is 9.99. The summed E-state index contributed by atoms with van der Waals surface area (Å²) in [6, 6.07) is 20.6. The van der Waals surface area contributed by atoms with E-state index in [-0.39, 0.29) is 12.3 Å². The van der Waals surface area contributed by atoms with Gasteiger partial charge in [-0.25, -0.2) is 4.99 Å². The van der Waals surface area contributed by atoms with E-state index in [4.69, 9.17) is 21.7 Å². The molecule has 0 bridgehead atoms. The van der Waals surface area contributed by atoms with Gasteiger partial charge in [-0.3, -0.25) is 4.79 Å². The SMILES string of the molecule is CN(C)CCc1cccc(N=C(c2ccc(CC(=O)O)cc2)c2c(O)[nH]c3cc(Cl)ccc23)c1. The molecule has 1 heterocycles. The number of aromatic amines is 1. The lowest BCUT2D eigenvalue weighted by Crippen LogP contribution is -2.14. The second-order valence-electron chi connectivity index (χ2n) is 8.49. The van der Waals surface area contributed by atoms with Gasteiger partial charge in [-0.15, -0.1) is 0 Å². The zero-order chi connectivity index (χ0) is 24.2. The highest BCUT2D eigenvalue weighted by atomic mass is 35.5. The van der Waals surface area contributed by atoms with Gasteiger partial charge >= 0.3 is 5.97 Å². The summed E-state index contributed by atoms with van der Waals surface area (Å²) in [6.07, 6.45) is 0.837. The normalized spacial score (nSPS) is 11.9. The zero-order valence-corrected chi connectivity index (χ0v) is 19.8. The van der Waals surface area contributed by atoms with E-state index in [9.17, 15) is 9.90 Å². The maximum atomic E-state index is 11.1. The van der Waals surface area contributed by atoms with Crippen LogP contribution in [0.4, 0.5) is 5.69 Å². The van der Waals surface area contributed by atoms with E-state index in [2.05, 4.69) is 16.0 Å². The molecule has 1 aromatic heterocycles. The number of carboxylic acids is 1. The Kier molecular flexibility index (Phi) is 7.01. The van der Waals surface area contributed by atoms with Crippen LogP contribution < -0.4 is 0 Å². The van der Waals surface area contributed by atoms with Crippen LogP contribution in [0.5, 0.6) is 5.88 Å². The largest absolute Gasteiger partial charge is 0.494 e. The number of carboxylic acid groups (broad SMARTS) is 1. The van der Waals surface area contributed by atoms with Gasteiger partial charge in [-0.2, -0.15) is 0 Å². The Morgan fingerprint density at radius 2 is 1.79 bits per heavy atom. The highest BCUT2D eigenvalue weighted by molar-refractivity contribution is 6.31. The predicted octanol–water partition coefficient (Wildman–Crippen LogP) is 5.43. The molecule has 0 fully saturated rings. The lowest BCUT2D eigenvalue weighted by Gasteiger charge is -2.11. The number of aliphatic imine (C=N–C) groups is 1. The van der Waals surface area contributed by atoms with Crippen LogP contribution in [0, 0.1) is 0 Å². The quantitative estimate of drug-likeness (QED) is 0.296. The molecule has 0 atom stereocenters. The van der Waals surface area contributed by atoms with Crippen LogP contribution in [-0.4, -0.2) is 52.4 Å². The number of nitrogens with one attached hydrogen (secondary N) is 1. The van der Waals surface area contributed by atoms with Crippen LogP contribution in [0.3, 0.4) is 0 Å². The molecule has 4 aromatic rings. The van der Waals surface area contributed by atoms with Crippen LogP contribution >= 0.6 is 11.6 Å². The summed E-state index contributed by atoms with van der Waals surface area (Å²) >= 11 is 6.15. The highest BCUT2D eigenvalue weighted by Crippen LogP contribution is 2.33. The number of aliphatic carboxylic acids is 1. The maximum absolute atomic E-state index is 11.1. The molecule has 0 aliphatic heterocycles. The van der Waals surface area contributed by atoms with Crippen LogP contribution in [0.15, 0.2) is 71.7 Å². The van der Waals surface area contributed by atoms with E-state index in [1.54, 1.807) is 24.3 Å². The summed E-state index contributed by atoms with van der Waals surface area (Å²) in [5.41, 5.74) is 5.24. The third-order valence-corrected chi connectivity index (χ3v) is 5.79. The topological polar surface area (TPSA) is 88.9 Å². The molecule has 0 saturated heterocycles. The molecule has 7 heteroatoms. The van der Waals surface area contributed by atoms with Gasteiger partial charge < -0.3 is 20.1 Å². The number of benzene rings is 3. The second kappa shape index (κ2) is 10.1. The van der Waals surface area contributed by atoms with Crippen LogP contribution in [-0.2, 0) is 17.6 Å². The van der Waals surface area contributed by atoms with Crippen molar-refractivity contribution in [1.29, 1.82) is 0 Å². The average molecular weight is 476 g/mol.